The third kappa shape index (κ3) is 4.96. The summed E-state index contributed by atoms with van der Waals surface area (Å²) in [4.78, 5) is 2.56. The molecule has 0 radical (unpaired) electrons. The molecule has 15 heavy (non-hydrogen) atoms. The lowest BCUT2D eigenvalue weighted by Gasteiger charge is -2.35. The highest BCUT2D eigenvalue weighted by molar-refractivity contribution is 4.76. The molecule has 3 nitrogen and oxygen atoms in total. The van der Waals surface area contributed by atoms with E-state index in [2.05, 4.69) is 11.8 Å². The fraction of sp³-hybridized carbons (Fsp3) is 1.00. The zero-order valence-corrected chi connectivity index (χ0v) is 9.95. The summed E-state index contributed by atoms with van der Waals surface area (Å²) in [7, 11) is 0. The first-order valence-corrected chi connectivity index (χ1v) is 6.31. The number of hydrogen-bond donors (Lipinski definition) is 1. The molecule has 1 aliphatic rings. The van der Waals surface area contributed by atoms with Crippen LogP contribution in [0.3, 0.4) is 0 Å². The van der Waals surface area contributed by atoms with Crippen molar-refractivity contribution in [1.82, 2.24) is 4.90 Å². The molecule has 1 fully saturated rings. The SMILES string of the molecule is CCCC1CCCCN1CCOCCO. The van der Waals surface area contributed by atoms with E-state index in [1.807, 2.05) is 0 Å². The van der Waals surface area contributed by atoms with Crippen molar-refractivity contribution in [1.29, 1.82) is 0 Å². The average molecular weight is 215 g/mol. The van der Waals surface area contributed by atoms with Crippen LogP contribution < -0.4 is 0 Å². The number of piperidine rings is 1. The molecule has 1 heterocycles. The second-order valence-electron chi connectivity index (χ2n) is 4.31. The standard InChI is InChI=1S/C12H25NO2/c1-2-5-12-6-3-4-7-13(12)8-10-15-11-9-14/h12,14H,2-11H2,1H3. The van der Waals surface area contributed by atoms with E-state index in [9.17, 15) is 0 Å². The lowest BCUT2D eigenvalue weighted by molar-refractivity contribution is 0.0515. The Morgan fingerprint density at radius 2 is 2.20 bits per heavy atom. The molecule has 0 bridgehead atoms. The Kier molecular flexibility index (Phi) is 6.98. The van der Waals surface area contributed by atoms with Gasteiger partial charge in [-0.15, -0.1) is 0 Å². The van der Waals surface area contributed by atoms with Gasteiger partial charge in [-0.1, -0.05) is 19.8 Å². The van der Waals surface area contributed by atoms with E-state index in [4.69, 9.17) is 9.84 Å². The Morgan fingerprint density at radius 3 is 2.93 bits per heavy atom. The van der Waals surface area contributed by atoms with E-state index in [0.717, 1.165) is 19.2 Å². The Labute approximate surface area is 93.4 Å². The van der Waals surface area contributed by atoms with E-state index in [1.165, 1.54) is 38.6 Å². The second-order valence-corrected chi connectivity index (χ2v) is 4.31. The maximum Gasteiger partial charge on any atom is 0.0698 e. The van der Waals surface area contributed by atoms with Crippen LogP contribution in [0, 0.1) is 0 Å². The van der Waals surface area contributed by atoms with Gasteiger partial charge in [0, 0.05) is 12.6 Å². The number of aliphatic hydroxyl groups is 1. The van der Waals surface area contributed by atoms with Gasteiger partial charge in [-0.3, -0.25) is 4.90 Å². The van der Waals surface area contributed by atoms with Crippen molar-refractivity contribution in [2.45, 2.75) is 45.1 Å². The van der Waals surface area contributed by atoms with Crippen LogP contribution in [0.15, 0.2) is 0 Å². The summed E-state index contributed by atoms with van der Waals surface area (Å²) in [5.74, 6) is 0. The van der Waals surface area contributed by atoms with Crippen LogP contribution in [-0.4, -0.2) is 49.0 Å². The maximum absolute atomic E-state index is 8.60. The molecule has 1 unspecified atom stereocenters. The Balaban J connectivity index is 2.17. The van der Waals surface area contributed by atoms with Crippen LogP contribution in [0.5, 0.6) is 0 Å². The first kappa shape index (κ1) is 12.9. The summed E-state index contributed by atoms with van der Waals surface area (Å²) < 4.78 is 5.32. The molecule has 90 valence electrons. The summed E-state index contributed by atoms with van der Waals surface area (Å²) in [5, 5.41) is 8.60. The zero-order chi connectivity index (χ0) is 10.9. The monoisotopic (exact) mass is 215 g/mol. The predicted molar refractivity (Wildman–Crippen MR) is 62.0 cm³/mol. The zero-order valence-electron chi connectivity index (χ0n) is 9.95. The molecular weight excluding hydrogens is 190 g/mol. The molecule has 0 aromatic rings. The van der Waals surface area contributed by atoms with Crippen molar-refractivity contribution < 1.29 is 9.84 Å². The first-order valence-electron chi connectivity index (χ1n) is 6.31. The molecule has 1 atom stereocenters. The van der Waals surface area contributed by atoms with Gasteiger partial charge < -0.3 is 9.84 Å². The number of likely N-dealkylation sites (tertiary alicyclic amines) is 1. The fourth-order valence-electron chi connectivity index (χ4n) is 2.36. The van der Waals surface area contributed by atoms with Gasteiger partial charge in [0.15, 0.2) is 0 Å². The van der Waals surface area contributed by atoms with Crippen LogP contribution in [0.2, 0.25) is 0 Å². The van der Waals surface area contributed by atoms with Gasteiger partial charge in [-0.2, -0.15) is 0 Å². The number of ether oxygens (including phenoxy) is 1. The van der Waals surface area contributed by atoms with Crippen LogP contribution in [0.1, 0.15) is 39.0 Å². The molecule has 0 saturated carbocycles. The summed E-state index contributed by atoms with van der Waals surface area (Å²) >= 11 is 0. The molecule has 0 spiro atoms. The first-order chi connectivity index (χ1) is 7.38. The molecule has 1 N–H and O–H groups in total. The van der Waals surface area contributed by atoms with Gasteiger partial charge in [-0.25, -0.2) is 0 Å². The number of nitrogens with zero attached hydrogens (tertiary/aromatic N) is 1. The summed E-state index contributed by atoms with van der Waals surface area (Å²) in [6, 6.07) is 0.779. The Morgan fingerprint density at radius 1 is 1.33 bits per heavy atom. The largest absolute Gasteiger partial charge is 0.394 e. The second kappa shape index (κ2) is 8.08. The Bertz CT molecular complexity index is 151. The molecule has 0 aromatic carbocycles. The van der Waals surface area contributed by atoms with Gasteiger partial charge in [0.1, 0.15) is 0 Å². The molecule has 0 amide bonds. The maximum atomic E-state index is 8.60. The number of hydrogen-bond acceptors (Lipinski definition) is 3. The molecule has 3 heteroatoms. The van der Waals surface area contributed by atoms with Crippen molar-refractivity contribution in [3.05, 3.63) is 0 Å². The van der Waals surface area contributed by atoms with Crippen LogP contribution in [-0.2, 0) is 4.74 Å². The van der Waals surface area contributed by atoms with Crippen LogP contribution >= 0.6 is 0 Å². The van der Waals surface area contributed by atoms with Crippen molar-refractivity contribution in [3.63, 3.8) is 0 Å². The van der Waals surface area contributed by atoms with E-state index in [-0.39, 0.29) is 6.61 Å². The number of rotatable bonds is 7. The smallest absolute Gasteiger partial charge is 0.0698 e. The van der Waals surface area contributed by atoms with E-state index in [1.54, 1.807) is 0 Å². The highest BCUT2D eigenvalue weighted by Crippen LogP contribution is 2.20. The van der Waals surface area contributed by atoms with E-state index in [0.29, 0.717) is 6.61 Å². The lowest BCUT2D eigenvalue weighted by Crippen LogP contribution is -2.41. The third-order valence-electron chi connectivity index (χ3n) is 3.13. The molecule has 1 aliphatic heterocycles. The van der Waals surface area contributed by atoms with Crippen molar-refractivity contribution >= 4 is 0 Å². The topological polar surface area (TPSA) is 32.7 Å². The van der Waals surface area contributed by atoms with Gasteiger partial charge in [-0.05, 0) is 25.8 Å². The van der Waals surface area contributed by atoms with Crippen LogP contribution in [0.25, 0.3) is 0 Å². The van der Waals surface area contributed by atoms with Gasteiger partial charge in [0.25, 0.3) is 0 Å². The minimum absolute atomic E-state index is 0.137. The van der Waals surface area contributed by atoms with Gasteiger partial charge in [0.2, 0.25) is 0 Å². The highest BCUT2D eigenvalue weighted by Gasteiger charge is 2.20. The average Bonchev–Trinajstić information content (AvgIpc) is 2.27. The minimum atomic E-state index is 0.137. The fourth-order valence-corrected chi connectivity index (χ4v) is 2.36. The lowest BCUT2D eigenvalue weighted by atomic mass is 9.98. The Hall–Kier alpha value is -0.120. The summed E-state index contributed by atoms with van der Waals surface area (Å²) in [6.07, 6.45) is 6.67. The predicted octanol–water partition coefficient (Wildman–Crippen LogP) is 1.65. The minimum Gasteiger partial charge on any atom is -0.394 e. The van der Waals surface area contributed by atoms with E-state index < -0.39 is 0 Å². The van der Waals surface area contributed by atoms with Crippen molar-refractivity contribution in [2.75, 3.05) is 32.9 Å². The molecule has 0 aromatic heterocycles. The van der Waals surface area contributed by atoms with Crippen LogP contribution in [0.4, 0.5) is 0 Å². The van der Waals surface area contributed by atoms with Crippen molar-refractivity contribution in [2.24, 2.45) is 0 Å². The van der Waals surface area contributed by atoms with Gasteiger partial charge >= 0.3 is 0 Å². The molecule has 0 aliphatic carbocycles. The quantitative estimate of drug-likeness (QED) is 0.655. The highest BCUT2D eigenvalue weighted by atomic mass is 16.5. The third-order valence-corrected chi connectivity index (χ3v) is 3.13. The summed E-state index contributed by atoms with van der Waals surface area (Å²) in [5.41, 5.74) is 0. The molecule has 1 rings (SSSR count). The van der Waals surface area contributed by atoms with Crippen molar-refractivity contribution in [3.8, 4) is 0 Å². The van der Waals surface area contributed by atoms with E-state index >= 15 is 0 Å². The number of aliphatic hydroxyl groups excluding tert-OH is 1. The summed E-state index contributed by atoms with van der Waals surface area (Å²) in [6.45, 7) is 5.90. The van der Waals surface area contributed by atoms with Gasteiger partial charge in [0.05, 0.1) is 19.8 Å². The normalized spacial score (nSPS) is 23.2. The molecular formula is C12H25NO2. The molecule has 1 saturated heterocycles.